The lowest BCUT2D eigenvalue weighted by Gasteiger charge is -2.06. The van der Waals surface area contributed by atoms with Gasteiger partial charge in [0, 0.05) is 6.54 Å². The summed E-state index contributed by atoms with van der Waals surface area (Å²) in [5.74, 6) is -1.02. The highest BCUT2D eigenvalue weighted by molar-refractivity contribution is 5.93. The molecule has 2 aromatic rings. The first-order valence-corrected chi connectivity index (χ1v) is 5.17. The number of rotatable bonds is 3. The Balaban J connectivity index is 2.30. The van der Waals surface area contributed by atoms with Crippen LogP contribution in [0.3, 0.4) is 0 Å². The molecule has 0 saturated heterocycles. The third-order valence-corrected chi connectivity index (χ3v) is 2.53. The van der Waals surface area contributed by atoms with Gasteiger partial charge in [0.25, 0.3) is 5.91 Å². The van der Waals surface area contributed by atoms with E-state index in [0.29, 0.717) is 6.54 Å². The van der Waals surface area contributed by atoms with Crippen molar-refractivity contribution < 1.29 is 9.90 Å². The van der Waals surface area contributed by atoms with Crippen LogP contribution < -0.4 is 5.73 Å². The molecule has 1 aromatic heterocycles. The first kappa shape index (κ1) is 11.2. The topological polar surface area (TPSA) is 81.1 Å². The smallest absolute Gasteiger partial charge is 0.271 e. The van der Waals surface area contributed by atoms with Crippen LogP contribution in [-0.4, -0.2) is 20.6 Å². The van der Waals surface area contributed by atoms with E-state index in [9.17, 15) is 9.90 Å². The van der Waals surface area contributed by atoms with Crippen LogP contribution in [-0.2, 0) is 6.54 Å². The van der Waals surface area contributed by atoms with Crippen LogP contribution in [0.15, 0.2) is 30.6 Å². The standard InChI is InChI=1S/C12H13N3O2/c1-8-2-4-9(5-3-8)6-15-7-14-12(17)10(15)11(13)16/h2-5,7,17H,6H2,1H3,(H2,13,16). The van der Waals surface area contributed by atoms with Crippen molar-refractivity contribution >= 4 is 5.91 Å². The Bertz CT molecular complexity index is 543. The van der Waals surface area contributed by atoms with E-state index in [2.05, 4.69) is 4.98 Å². The molecule has 5 nitrogen and oxygen atoms in total. The molecule has 1 aromatic carbocycles. The molecule has 0 spiro atoms. The normalized spacial score (nSPS) is 10.4. The summed E-state index contributed by atoms with van der Waals surface area (Å²) in [7, 11) is 0. The molecule has 0 aliphatic carbocycles. The number of nitrogens with zero attached hydrogens (tertiary/aromatic N) is 2. The quantitative estimate of drug-likeness (QED) is 0.828. The summed E-state index contributed by atoms with van der Waals surface area (Å²) in [4.78, 5) is 14.8. The van der Waals surface area contributed by atoms with E-state index < -0.39 is 5.91 Å². The highest BCUT2D eigenvalue weighted by Crippen LogP contribution is 2.15. The van der Waals surface area contributed by atoms with Gasteiger partial charge in [-0.2, -0.15) is 0 Å². The molecule has 0 radical (unpaired) electrons. The van der Waals surface area contributed by atoms with Crippen molar-refractivity contribution in [1.29, 1.82) is 0 Å². The molecule has 1 amide bonds. The number of aromatic hydroxyl groups is 1. The number of amides is 1. The van der Waals surface area contributed by atoms with Crippen molar-refractivity contribution in [3.05, 3.63) is 47.4 Å². The predicted octanol–water partition coefficient (Wildman–Crippen LogP) is 1.04. The molecule has 3 N–H and O–H groups in total. The highest BCUT2D eigenvalue weighted by atomic mass is 16.3. The van der Waals surface area contributed by atoms with Gasteiger partial charge >= 0.3 is 0 Å². The second-order valence-electron chi connectivity index (χ2n) is 3.89. The minimum absolute atomic E-state index is 0.0329. The fourth-order valence-corrected chi connectivity index (χ4v) is 1.63. The number of aryl methyl sites for hydroxylation is 1. The first-order chi connectivity index (χ1) is 8.08. The van der Waals surface area contributed by atoms with Crippen LogP contribution in [0, 0.1) is 6.92 Å². The fourth-order valence-electron chi connectivity index (χ4n) is 1.63. The van der Waals surface area contributed by atoms with Gasteiger partial charge in [-0.1, -0.05) is 29.8 Å². The van der Waals surface area contributed by atoms with Gasteiger partial charge in [0.1, 0.15) is 0 Å². The number of carbonyl (C=O) groups excluding carboxylic acids is 1. The van der Waals surface area contributed by atoms with Gasteiger partial charge < -0.3 is 15.4 Å². The summed E-state index contributed by atoms with van der Waals surface area (Å²) < 4.78 is 1.53. The lowest BCUT2D eigenvalue weighted by Crippen LogP contribution is -2.17. The van der Waals surface area contributed by atoms with Crippen molar-refractivity contribution in [2.45, 2.75) is 13.5 Å². The van der Waals surface area contributed by atoms with Crippen molar-refractivity contribution in [3.8, 4) is 5.88 Å². The molecule has 1 heterocycles. The number of benzene rings is 1. The van der Waals surface area contributed by atoms with Crippen molar-refractivity contribution in [3.63, 3.8) is 0 Å². The summed E-state index contributed by atoms with van der Waals surface area (Å²) in [6, 6.07) is 7.88. The number of carbonyl (C=O) groups is 1. The minimum atomic E-state index is -0.688. The number of aromatic nitrogens is 2. The number of hydrogen-bond donors (Lipinski definition) is 2. The van der Waals surface area contributed by atoms with E-state index in [-0.39, 0.29) is 11.6 Å². The first-order valence-electron chi connectivity index (χ1n) is 5.17. The molecule has 0 aliphatic heterocycles. The zero-order valence-corrected chi connectivity index (χ0v) is 9.42. The number of nitrogens with two attached hydrogens (primary N) is 1. The molecular formula is C12H13N3O2. The van der Waals surface area contributed by atoms with Crippen LogP contribution in [0.5, 0.6) is 5.88 Å². The summed E-state index contributed by atoms with van der Waals surface area (Å²) in [5, 5.41) is 9.39. The van der Waals surface area contributed by atoms with Crippen LogP contribution in [0.25, 0.3) is 0 Å². The van der Waals surface area contributed by atoms with Gasteiger partial charge in [-0.15, -0.1) is 0 Å². The highest BCUT2D eigenvalue weighted by Gasteiger charge is 2.15. The molecule has 0 aliphatic rings. The Morgan fingerprint density at radius 1 is 1.41 bits per heavy atom. The van der Waals surface area contributed by atoms with Gasteiger partial charge in [0.2, 0.25) is 5.88 Å². The van der Waals surface area contributed by atoms with Gasteiger partial charge in [-0.3, -0.25) is 4.79 Å². The van der Waals surface area contributed by atoms with Crippen LogP contribution in [0.4, 0.5) is 0 Å². The maximum Gasteiger partial charge on any atom is 0.271 e. The monoisotopic (exact) mass is 231 g/mol. The summed E-state index contributed by atoms with van der Waals surface area (Å²) in [6.45, 7) is 2.45. The molecule has 17 heavy (non-hydrogen) atoms. The fraction of sp³-hybridized carbons (Fsp3) is 0.167. The van der Waals surface area contributed by atoms with Gasteiger partial charge in [0.05, 0.1) is 6.33 Å². The SMILES string of the molecule is Cc1ccc(Cn2cnc(O)c2C(N)=O)cc1. The summed E-state index contributed by atoms with van der Waals surface area (Å²) in [5.41, 5.74) is 7.38. The third-order valence-electron chi connectivity index (χ3n) is 2.53. The van der Waals surface area contributed by atoms with Crippen LogP contribution in [0.1, 0.15) is 21.6 Å². The average Bonchev–Trinajstić information content (AvgIpc) is 2.63. The molecule has 0 atom stereocenters. The van der Waals surface area contributed by atoms with Gasteiger partial charge in [0.15, 0.2) is 5.69 Å². The van der Waals surface area contributed by atoms with E-state index in [1.807, 2.05) is 31.2 Å². The summed E-state index contributed by atoms with van der Waals surface area (Å²) >= 11 is 0. The Morgan fingerprint density at radius 3 is 2.65 bits per heavy atom. The maximum atomic E-state index is 11.1. The van der Waals surface area contributed by atoms with Crippen LogP contribution >= 0.6 is 0 Å². The average molecular weight is 231 g/mol. The molecule has 2 rings (SSSR count). The molecular weight excluding hydrogens is 218 g/mol. The van der Waals surface area contributed by atoms with E-state index in [0.717, 1.165) is 11.1 Å². The Labute approximate surface area is 98.5 Å². The Morgan fingerprint density at radius 2 is 2.06 bits per heavy atom. The molecule has 5 heteroatoms. The zero-order valence-electron chi connectivity index (χ0n) is 9.42. The molecule has 0 fully saturated rings. The van der Waals surface area contributed by atoms with Crippen LogP contribution in [0.2, 0.25) is 0 Å². The summed E-state index contributed by atoms with van der Waals surface area (Å²) in [6.07, 6.45) is 1.40. The van der Waals surface area contributed by atoms with Crippen molar-refractivity contribution in [1.82, 2.24) is 9.55 Å². The maximum absolute atomic E-state index is 11.1. The van der Waals surface area contributed by atoms with Crippen molar-refractivity contribution in [2.24, 2.45) is 5.73 Å². The second-order valence-corrected chi connectivity index (χ2v) is 3.89. The molecule has 0 unspecified atom stereocenters. The molecule has 88 valence electrons. The van der Waals surface area contributed by atoms with E-state index in [1.165, 1.54) is 10.9 Å². The Kier molecular flexibility index (Phi) is 2.82. The minimum Gasteiger partial charge on any atom is -0.492 e. The predicted molar refractivity (Wildman–Crippen MR) is 62.7 cm³/mol. The lowest BCUT2D eigenvalue weighted by atomic mass is 10.1. The second kappa shape index (κ2) is 4.29. The Hall–Kier alpha value is -2.30. The number of imidazole rings is 1. The van der Waals surface area contributed by atoms with E-state index >= 15 is 0 Å². The van der Waals surface area contributed by atoms with E-state index in [4.69, 9.17) is 5.73 Å². The lowest BCUT2D eigenvalue weighted by molar-refractivity contribution is 0.0989. The zero-order chi connectivity index (χ0) is 12.4. The number of primary amides is 1. The largest absolute Gasteiger partial charge is 0.492 e. The van der Waals surface area contributed by atoms with Gasteiger partial charge in [-0.25, -0.2) is 4.98 Å². The van der Waals surface area contributed by atoms with Gasteiger partial charge in [-0.05, 0) is 12.5 Å². The molecule has 0 saturated carbocycles. The van der Waals surface area contributed by atoms with E-state index in [1.54, 1.807) is 0 Å². The van der Waals surface area contributed by atoms with Crippen molar-refractivity contribution in [2.75, 3.05) is 0 Å². The number of hydrogen-bond acceptors (Lipinski definition) is 3. The third kappa shape index (κ3) is 2.28. The molecule has 0 bridgehead atoms.